The summed E-state index contributed by atoms with van der Waals surface area (Å²) in [4.78, 5) is 40.8. The molecule has 0 atom stereocenters. The van der Waals surface area contributed by atoms with Gasteiger partial charge in [0.1, 0.15) is 17.9 Å². The van der Waals surface area contributed by atoms with Gasteiger partial charge in [-0.1, -0.05) is 36.4 Å². The van der Waals surface area contributed by atoms with Crippen LogP contribution in [0.25, 0.3) is 23.0 Å². The lowest BCUT2D eigenvalue weighted by molar-refractivity contribution is -0.137. The Morgan fingerprint density at radius 1 is 0.943 bits per heavy atom. The van der Waals surface area contributed by atoms with E-state index in [1.54, 1.807) is 59.7 Å². The van der Waals surface area contributed by atoms with Crippen molar-refractivity contribution >= 4 is 23.9 Å². The number of carboxylic acids is 1. The summed E-state index contributed by atoms with van der Waals surface area (Å²) in [5.41, 5.74) is 2.76. The fourth-order valence-electron chi connectivity index (χ4n) is 3.28. The van der Waals surface area contributed by atoms with Crippen molar-refractivity contribution in [2.45, 2.75) is 0 Å². The number of aromatic nitrogens is 3. The third-order valence-corrected chi connectivity index (χ3v) is 4.93. The highest BCUT2D eigenvalue weighted by molar-refractivity contribution is 6.06. The molecule has 3 N–H and O–H groups in total. The first-order valence-corrected chi connectivity index (χ1v) is 10.6. The molecular weight excluding hydrogens is 446 g/mol. The number of hydrogen-bond donors (Lipinski definition) is 3. The van der Waals surface area contributed by atoms with Gasteiger partial charge >= 0.3 is 5.97 Å². The average Bonchev–Trinajstić information content (AvgIpc) is 3.32. The molecule has 0 aliphatic heterocycles. The van der Waals surface area contributed by atoms with E-state index >= 15 is 0 Å². The molecular formula is C26H21N5O4. The van der Waals surface area contributed by atoms with Crippen molar-refractivity contribution in [1.82, 2.24) is 25.4 Å². The van der Waals surface area contributed by atoms with E-state index < -0.39 is 24.3 Å². The molecule has 0 radical (unpaired) electrons. The van der Waals surface area contributed by atoms with Crippen molar-refractivity contribution in [3.8, 4) is 16.9 Å². The van der Waals surface area contributed by atoms with Gasteiger partial charge in [0.25, 0.3) is 11.8 Å². The Kier molecular flexibility index (Phi) is 7.08. The zero-order valence-electron chi connectivity index (χ0n) is 18.5. The number of carbonyl (C=O) groups excluding carboxylic acids is 2. The molecule has 0 aliphatic rings. The Morgan fingerprint density at radius 3 is 2.31 bits per heavy atom. The Morgan fingerprint density at radius 2 is 1.66 bits per heavy atom. The van der Waals surface area contributed by atoms with Crippen LogP contribution in [0.15, 0.2) is 97.1 Å². The third-order valence-electron chi connectivity index (χ3n) is 4.93. The average molecular weight is 467 g/mol. The van der Waals surface area contributed by atoms with Crippen molar-refractivity contribution in [3.05, 3.63) is 108 Å². The second-order valence-electron chi connectivity index (χ2n) is 7.41. The van der Waals surface area contributed by atoms with Crippen LogP contribution >= 0.6 is 0 Å². The topological polar surface area (TPSA) is 126 Å². The monoisotopic (exact) mass is 467 g/mol. The number of benzene rings is 2. The highest BCUT2D eigenvalue weighted by Gasteiger charge is 2.18. The first-order valence-electron chi connectivity index (χ1n) is 10.6. The van der Waals surface area contributed by atoms with Gasteiger partial charge in [0, 0.05) is 35.3 Å². The van der Waals surface area contributed by atoms with Gasteiger partial charge in [0.05, 0.1) is 5.69 Å². The van der Waals surface area contributed by atoms with Crippen LogP contribution < -0.4 is 10.6 Å². The number of carbonyl (C=O) groups is 3. The van der Waals surface area contributed by atoms with E-state index in [0.717, 1.165) is 5.69 Å². The van der Waals surface area contributed by atoms with Crippen LogP contribution in [0.3, 0.4) is 0 Å². The Bertz CT molecular complexity index is 1370. The molecule has 9 heteroatoms. The largest absolute Gasteiger partial charge is 0.480 e. The fourth-order valence-corrected chi connectivity index (χ4v) is 3.28. The van der Waals surface area contributed by atoms with Crippen molar-refractivity contribution in [2.75, 3.05) is 6.54 Å². The highest BCUT2D eigenvalue weighted by atomic mass is 16.4. The van der Waals surface area contributed by atoms with Gasteiger partial charge in [-0.25, -0.2) is 4.68 Å². The minimum atomic E-state index is -1.21. The summed E-state index contributed by atoms with van der Waals surface area (Å²) in [6.07, 6.45) is 6.46. The zero-order chi connectivity index (χ0) is 24.6. The predicted octanol–water partition coefficient (Wildman–Crippen LogP) is 2.91. The van der Waals surface area contributed by atoms with Crippen LogP contribution in [0.5, 0.6) is 0 Å². The maximum atomic E-state index is 12.8. The molecule has 2 aromatic heterocycles. The van der Waals surface area contributed by atoms with Crippen LogP contribution in [0.1, 0.15) is 15.9 Å². The van der Waals surface area contributed by atoms with Crippen molar-refractivity contribution in [1.29, 1.82) is 0 Å². The van der Waals surface area contributed by atoms with Crippen LogP contribution in [0, 0.1) is 0 Å². The number of amides is 2. The first kappa shape index (κ1) is 23.1. The lowest BCUT2D eigenvalue weighted by Gasteiger charge is -2.10. The number of nitrogens with zero attached hydrogens (tertiary/aromatic N) is 3. The molecule has 4 aromatic rings. The van der Waals surface area contributed by atoms with Gasteiger partial charge in [0.15, 0.2) is 0 Å². The Balaban J connectivity index is 1.78. The van der Waals surface area contributed by atoms with Gasteiger partial charge in [0.2, 0.25) is 0 Å². The number of aliphatic carboxylic acids is 1. The van der Waals surface area contributed by atoms with Gasteiger partial charge < -0.3 is 15.7 Å². The summed E-state index contributed by atoms with van der Waals surface area (Å²) in [5.74, 6) is -2.47. The standard InChI is InChI=1S/C26H21N5O4/c32-23(33)16-28-26(35)22(29-25(34)18-8-3-1-4-9-18)14-20-17-31(21-11-5-2-6-12-21)30-24(20)19-10-7-13-27-15-19/h1-15,17H,16H2,(H,28,35)(H,29,34)(H,32,33). The van der Waals surface area contributed by atoms with E-state index in [1.807, 2.05) is 36.4 Å². The van der Waals surface area contributed by atoms with Gasteiger partial charge in [-0.2, -0.15) is 5.10 Å². The number of nitrogens with one attached hydrogen (secondary N) is 2. The SMILES string of the molecule is O=C(O)CNC(=O)C(=Cc1cn(-c2ccccc2)nc1-c1cccnc1)NC(=O)c1ccccc1. The summed E-state index contributed by atoms with van der Waals surface area (Å²) in [6, 6.07) is 21.4. The molecule has 35 heavy (non-hydrogen) atoms. The van der Waals surface area contributed by atoms with Gasteiger partial charge in [-0.15, -0.1) is 0 Å². The normalized spacial score (nSPS) is 11.0. The number of carboxylic acid groups (broad SMARTS) is 1. The molecule has 0 saturated heterocycles. The van der Waals surface area contributed by atoms with E-state index in [9.17, 15) is 14.4 Å². The number of rotatable bonds is 8. The van der Waals surface area contributed by atoms with Crippen LogP contribution in [0.4, 0.5) is 0 Å². The second kappa shape index (κ2) is 10.7. The van der Waals surface area contributed by atoms with Crippen molar-refractivity contribution in [2.24, 2.45) is 0 Å². The molecule has 2 amide bonds. The minimum absolute atomic E-state index is 0.127. The molecule has 0 saturated carbocycles. The van der Waals surface area contributed by atoms with Gasteiger partial charge in [-0.3, -0.25) is 19.4 Å². The lowest BCUT2D eigenvalue weighted by Crippen LogP contribution is -2.37. The summed E-state index contributed by atoms with van der Waals surface area (Å²) >= 11 is 0. The second-order valence-corrected chi connectivity index (χ2v) is 7.41. The predicted molar refractivity (Wildman–Crippen MR) is 129 cm³/mol. The molecule has 2 aromatic carbocycles. The number of pyridine rings is 1. The Labute approximate surface area is 200 Å². The molecule has 2 heterocycles. The number of para-hydroxylation sites is 1. The molecule has 0 aliphatic carbocycles. The Hall–Kier alpha value is -5.05. The van der Waals surface area contributed by atoms with E-state index in [4.69, 9.17) is 5.11 Å². The first-order chi connectivity index (χ1) is 17.0. The fraction of sp³-hybridized carbons (Fsp3) is 0.0385. The molecule has 174 valence electrons. The van der Waals surface area contributed by atoms with Crippen molar-refractivity contribution < 1.29 is 19.5 Å². The molecule has 4 rings (SSSR count). The van der Waals surface area contributed by atoms with E-state index in [2.05, 4.69) is 20.7 Å². The maximum Gasteiger partial charge on any atom is 0.322 e. The molecule has 0 bridgehead atoms. The highest BCUT2D eigenvalue weighted by Crippen LogP contribution is 2.25. The molecule has 0 spiro atoms. The summed E-state index contributed by atoms with van der Waals surface area (Å²) in [5, 5.41) is 18.5. The van der Waals surface area contributed by atoms with E-state index in [0.29, 0.717) is 22.4 Å². The molecule has 9 nitrogen and oxygen atoms in total. The minimum Gasteiger partial charge on any atom is -0.480 e. The quantitative estimate of drug-likeness (QED) is 0.342. The zero-order valence-corrected chi connectivity index (χ0v) is 18.5. The summed E-state index contributed by atoms with van der Waals surface area (Å²) in [7, 11) is 0. The molecule has 0 unspecified atom stereocenters. The van der Waals surface area contributed by atoms with Crippen LogP contribution in [-0.2, 0) is 9.59 Å². The summed E-state index contributed by atoms with van der Waals surface area (Å²) < 4.78 is 1.65. The van der Waals surface area contributed by atoms with Gasteiger partial charge in [-0.05, 0) is 42.5 Å². The number of hydrogen-bond acceptors (Lipinski definition) is 5. The van der Waals surface area contributed by atoms with E-state index in [1.165, 1.54) is 6.08 Å². The van der Waals surface area contributed by atoms with Crippen LogP contribution in [-0.4, -0.2) is 44.2 Å². The van der Waals surface area contributed by atoms with Crippen molar-refractivity contribution in [3.63, 3.8) is 0 Å². The van der Waals surface area contributed by atoms with Crippen LogP contribution in [0.2, 0.25) is 0 Å². The lowest BCUT2D eigenvalue weighted by atomic mass is 10.1. The van der Waals surface area contributed by atoms with E-state index in [-0.39, 0.29) is 5.70 Å². The third kappa shape index (κ3) is 5.85. The molecule has 0 fully saturated rings. The summed E-state index contributed by atoms with van der Waals surface area (Å²) in [6.45, 7) is -0.601. The smallest absolute Gasteiger partial charge is 0.322 e. The maximum absolute atomic E-state index is 12.8.